The Morgan fingerprint density at radius 2 is 1.04 bits per heavy atom. The van der Waals surface area contributed by atoms with Crippen molar-refractivity contribution in [2.24, 2.45) is 48.8 Å². The highest BCUT2D eigenvalue weighted by Gasteiger charge is 2.52. The summed E-state index contributed by atoms with van der Waals surface area (Å²) in [6.45, 7) is 8.57. The number of nitrogens with one attached hydrogen (secondary N) is 2. The number of anilines is 3. The van der Waals surface area contributed by atoms with Crippen molar-refractivity contribution in [3.05, 3.63) is 149 Å². The maximum Gasteiger partial charge on any atom is 0.257 e. The van der Waals surface area contributed by atoms with Gasteiger partial charge < -0.3 is 97.3 Å². The van der Waals surface area contributed by atoms with E-state index in [-0.39, 0.29) is 99.9 Å². The average molecular weight is 1500 g/mol. The number of aromatic hydroxyl groups is 1. The van der Waals surface area contributed by atoms with Gasteiger partial charge in [0.1, 0.15) is 121 Å². The van der Waals surface area contributed by atoms with Crippen LogP contribution in [0.4, 0.5) is 43.4 Å². The Kier molecular flexibility index (Phi) is 28.8. The molecular formula is C68H88BrF6N7O19. The molecule has 11 heterocycles. The van der Waals surface area contributed by atoms with Crippen LogP contribution in [0.5, 0.6) is 5.75 Å². The molecular weight excluding hydrogens is 1410 g/mol. The molecule has 4 atom stereocenters. The van der Waals surface area contributed by atoms with Crippen LogP contribution < -0.4 is 27.2 Å². The first-order valence-electron chi connectivity index (χ1n) is 32.0. The van der Waals surface area contributed by atoms with Gasteiger partial charge in [-0.2, -0.15) is 0 Å². The summed E-state index contributed by atoms with van der Waals surface area (Å²) >= 11 is 3.30. The molecule has 0 radical (unpaired) electrons. The SMILES string of the molecule is Cc1ccc(C(N)C2(CF)COC2)o1.Cc1ccc(C(N=[N+]=[N-])C2(CF)COC2)o1.Cc1ccc(C(Nc2c(Nc3cccc(C(=O)N(C)C)c3O)c(=O)c2=O)C2(CF)COC2)o1.Cc1ccc(C(O)C2(CF)COC2)o1.O=CC1(CF)COC1.OCC1(CBr)COC1.OCC1(CF)COC1. The Morgan fingerprint density at radius 1 is 0.604 bits per heavy atom. The zero-order valence-electron chi connectivity index (χ0n) is 56.9. The molecule has 0 aliphatic carbocycles. The molecule has 7 aliphatic rings. The van der Waals surface area contributed by atoms with Crippen LogP contribution in [-0.2, 0) is 38.0 Å². The smallest absolute Gasteiger partial charge is 0.257 e. The van der Waals surface area contributed by atoms with E-state index < -0.39 is 114 Å². The second-order valence-corrected chi connectivity index (χ2v) is 27.5. The summed E-state index contributed by atoms with van der Waals surface area (Å²) in [6.07, 6.45) is -0.272. The van der Waals surface area contributed by atoms with E-state index in [1.807, 2.05) is 13.0 Å². The number of phenols is 1. The predicted octanol–water partition coefficient (Wildman–Crippen LogP) is 9.11. The van der Waals surface area contributed by atoms with Crippen LogP contribution in [0.2, 0.25) is 0 Å². The van der Waals surface area contributed by atoms with Gasteiger partial charge in [0.25, 0.3) is 16.8 Å². The molecule has 7 saturated heterocycles. The fourth-order valence-electron chi connectivity index (χ4n) is 10.6. The number of halogens is 7. The molecule has 1 amide bonds. The number of aliphatic hydroxyl groups is 3. The molecule has 101 heavy (non-hydrogen) atoms. The van der Waals surface area contributed by atoms with Gasteiger partial charge in [-0.3, -0.25) is 36.3 Å². The van der Waals surface area contributed by atoms with Crippen molar-refractivity contribution >= 4 is 45.2 Å². The van der Waals surface area contributed by atoms with Crippen LogP contribution in [0.1, 0.15) is 80.7 Å². The van der Waals surface area contributed by atoms with Crippen molar-refractivity contribution in [1.29, 1.82) is 0 Å². The molecule has 558 valence electrons. The summed E-state index contributed by atoms with van der Waals surface area (Å²) in [5.74, 6) is 4.02. The van der Waals surface area contributed by atoms with E-state index in [2.05, 4.69) is 41.3 Å². The number of aldehydes is 1. The minimum absolute atomic E-state index is 0.0325. The van der Waals surface area contributed by atoms with E-state index in [1.165, 1.54) is 23.1 Å². The van der Waals surface area contributed by atoms with Gasteiger partial charge in [0, 0.05) is 29.8 Å². The van der Waals surface area contributed by atoms with Gasteiger partial charge in [-0.05, 0) is 93.9 Å². The molecule has 4 aromatic heterocycles. The van der Waals surface area contributed by atoms with Crippen LogP contribution in [0.25, 0.3) is 10.4 Å². The van der Waals surface area contributed by atoms with Crippen LogP contribution in [0.15, 0.2) is 99.1 Å². The maximum absolute atomic E-state index is 14.1. The molecule has 7 aliphatic heterocycles. The van der Waals surface area contributed by atoms with Gasteiger partial charge in [0.15, 0.2) is 5.75 Å². The number of hydrogen-bond donors (Lipinski definition) is 7. The minimum Gasteiger partial charge on any atom is -0.505 e. The number of para-hydroxylation sites is 1. The second kappa shape index (κ2) is 35.9. The largest absolute Gasteiger partial charge is 0.505 e. The zero-order valence-corrected chi connectivity index (χ0v) is 58.5. The predicted molar refractivity (Wildman–Crippen MR) is 357 cm³/mol. The number of carbonyl (C=O) groups is 2. The molecule has 8 N–H and O–H groups in total. The number of amides is 1. The van der Waals surface area contributed by atoms with E-state index in [0.717, 1.165) is 11.1 Å². The van der Waals surface area contributed by atoms with E-state index in [4.69, 9.17) is 67.6 Å². The van der Waals surface area contributed by atoms with Crippen molar-refractivity contribution in [2.45, 2.75) is 51.9 Å². The Morgan fingerprint density at radius 3 is 1.35 bits per heavy atom. The third-order valence-electron chi connectivity index (χ3n) is 18.3. The highest BCUT2D eigenvalue weighted by atomic mass is 79.9. The molecule has 13 rings (SSSR count). The third-order valence-corrected chi connectivity index (χ3v) is 19.4. The summed E-state index contributed by atoms with van der Waals surface area (Å²) in [4.78, 5) is 51.1. The average Bonchev–Trinajstić information content (AvgIpc) is 1.57. The molecule has 0 bridgehead atoms. The quantitative estimate of drug-likeness (QED) is 0.00434. The topological polar surface area (TPSA) is 368 Å². The number of aryl methyl sites for hydroxylation is 4. The van der Waals surface area contributed by atoms with Crippen LogP contribution in [0, 0.1) is 65.6 Å². The van der Waals surface area contributed by atoms with Crippen LogP contribution in [-0.4, -0.2) is 203 Å². The summed E-state index contributed by atoms with van der Waals surface area (Å²) < 4.78 is 133. The number of nitrogens with zero attached hydrogens (tertiary/aromatic N) is 4. The monoisotopic (exact) mass is 1500 g/mol. The Labute approximate surface area is 586 Å². The van der Waals surface area contributed by atoms with E-state index in [9.17, 15) is 55.7 Å². The van der Waals surface area contributed by atoms with Gasteiger partial charge >= 0.3 is 0 Å². The molecule has 2 aromatic carbocycles. The lowest BCUT2D eigenvalue weighted by molar-refractivity contribution is -0.186. The minimum atomic E-state index is -0.957. The van der Waals surface area contributed by atoms with Crippen molar-refractivity contribution < 1.29 is 107 Å². The van der Waals surface area contributed by atoms with Gasteiger partial charge in [0.05, 0.1) is 156 Å². The zero-order chi connectivity index (χ0) is 74.0. The van der Waals surface area contributed by atoms with Gasteiger partial charge in [-0.25, -0.2) is 4.39 Å². The molecule has 6 aromatic rings. The fraction of sp³-hybridized carbons (Fsp3) is 0.588. The Bertz CT molecular complexity index is 3590. The second-order valence-electron chi connectivity index (χ2n) is 26.9. The molecule has 7 fully saturated rings. The van der Waals surface area contributed by atoms with Crippen molar-refractivity contribution in [2.75, 3.05) is 176 Å². The molecule has 0 saturated carbocycles. The highest BCUT2D eigenvalue weighted by Crippen LogP contribution is 2.47. The summed E-state index contributed by atoms with van der Waals surface area (Å²) in [6, 6.07) is 16.6. The summed E-state index contributed by atoms with van der Waals surface area (Å²) in [5, 5.41) is 47.9. The number of alkyl halides is 7. The first-order valence-corrected chi connectivity index (χ1v) is 33.1. The first-order chi connectivity index (χ1) is 48.2. The number of furan rings is 4. The third kappa shape index (κ3) is 18.5. The van der Waals surface area contributed by atoms with Crippen molar-refractivity contribution in [3.8, 4) is 5.75 Å². The van der Waals surface area contributed by atoms with Crippen LogP contribution >= 0.6 is 15.9 Å². The van der Waals surface area contributed by atoms with E-state index in [1.54, 1.807) is 77.3 Å². The fourth-order valence-corrected chi connectivity index (χ4v) is 11.1. The number of carbonyl (C=O) groups excluding carboxylic acids is 2. The lowest BCUT2D eigenvalue weighted by Gasteiger charge is -2.45. The van der Waals surface area contributed by atoms with Crippen LogP contribution in [0.3, 0.4) is 0 Å². The molecule has 4 unspecified atom stereocenters. The number of nitrogens with two attached hydrogens (primary N) is 1. The number of phenolic OH excluding ortho intramolecular Hbond substituents is 1. The number of hydrogen-bond acceptors (Lipinski definition) is 23. The lowest BCUT2D eigenvalue weighted by atomic mass is 9.78. The summed E-state index contributed by atoms with van der Waals surface area (Å²) in [7, 11) is 3.09. The normalized spacial score (nSPS) is 20.0. The lowest BCUT2D eigenvalue weighted by Crippen LogP contribution is -2.52. The standard InChI is InChI=1S/C23H24FN3O6.C10H12FN3O2.C10H14FNO2.C10H13FO3.C5H9BrO2.C5H9FO2.C5H7FO2/c1-12-7-8-15(33-12)21(23(9-24)10-32-11-23)26-17-16(19(29)20(17)30)25-14-6-4-5-13(18(14)28)22(31)27(2)3;1-7-2-3-8(16-7)9(13-14-12)10(4-11)5-15-6-10;2*1-7-2-3-8(14-7)9(12)10(4-11)5-13-6-10;3*6-1-5(2-7)3-8-4-5/h4-8,21,25-26,28H,9-11H2,1-3H3;2-3,9H,4-6H2,1H3;2-3,9H,4-6,12H2,1H3;2-3,9,12H,4-6H2,1H3;2*7H,1-4H2;2H,1,3-4H2. The van der Waals surface area contributed by atoms with Gasteiger partial charge in [-0.1, -0.05) is 27.1 Å². The molecule has 26 nitrogen and oxygen atoms in total. The van der Waals surface area contributed by atoms with Gasteiger partial charge in [-0.15, -0.1) is 0 Å². The maximum atomic E-state index is 14.1. The van der Waals surface area contributed by atoms with E-state index in [0.29, 0.717) is 86.2 Å². The number of rotatable bonds is 24. The summed E-state index contributed by atoms with van der Waals surface area (Å²) in [5.41, 5.74) is 8.58. The number of benzene rings is 1. The number of azide groups is 1. The molecule has 33 heteroatoms. The first kappa shape index (κ1) is 81.2. The van der Waals surface area contributed by atoms with Crippen molar-refractivity contribution in [3.63, 3.8) is 0 Å². The number of aliphatic hydroxyl groups excluding tert-OH is 3. The van der Waals surface area contributed by atoms with Crippen molar-refractivity contribution in [1.82, 2.24) is 4.90 Å². The van der Waals surface area contributed by atoms with Gasteiger partial charge in [0.2, 0.25) is 0 Å². The highest BCUT2D eigenvalue weighted by molar-refractivity contribution is 9.09. The number of ether oxygens (including phenoxy) is 7. The Hall–Kier alpha value is -7.11. The Balaban J connectivity index is 0.000000178. The van der Waals surface area contributed by atoms with E-state index >= 15 is 0 Å². The molecule has 0 spiro atoms.